The van der Waals surface area contributed by atoms with Gasteiger partial charge in [-0.05, 0) is 38.8 Å². The van der Waals surface area contributed by atoms with E-state index in [0.717, 1.165) is 11.1 Å². The molecule has 1 aromatic rings. The van der Waals surface area contributed by atoms with E-state index in [-0.39, 0.29) is 11.2 Å². The smallest absolute Gasteiger partial charge is 0.0871 e. The molecule has 0 atom stereocenters. The zero-order chi connectivity index (χ0) is 12.4. The number of methoxy groups -OCH3 is 2. The standard InChI is InChI=1S/C14H22O2/c1-13(2,15-5)11-8-7-9-12(10-11)14(3,4)16-6/h7-10H,1-6H3. The van der Waals surface area contributed by atoms with Crippen LogP contribution in [-0.2, 0) is 20.7 Å². The van der Waals surface area contributed by atoms with Crippen molar-refractivity contribution in [3.05, 3.63) is 35.4 Å². The molecule has 0 amide bonds. The number of benzene rings is 1. The third-order valence-electron chi connectivity index (χ3n) is 3.27. The van der Waals surface area contributed by atoms with Gasteiger partial charge >= 0.3 is 0 Å². The summed E-state index contributed by atoms with van der Waals surface area (Å²) in [6.45, 7) is 8.25. The van der Waals surface area contributed by atoms with Crippen LogP contribution in [0.15, 0.2) is 24.3 Å². The Bertz CT molecular complexity index is 322. The van der Waals surface area contributed by atoms with E-state index in [1.165, 1.54) is 0 Å². The molecule has 90 valence electrons. The summed E-state index contributed by atoms with van der Waals surface area (Å²) in [6, 6.07) is 8.36. The van der Waals surface area contributed by atoms with Crippen LogP contribution in [0.4, 0.5) is 0 Å². The highest BCUT2D eigenvalue weighted by atomic mass is 16.5. The lowest BCUT2D eigenvalue weighted by Crippen LogP contribution is -2.23. The molecule has 0 aliphatic carbocycles. The fourth-order valence-corrected chi connectivity index (χ4v) is 1.50. The molecule has 0 spiro atoms. The van der Waals surface area contributed by atoms with Gasteiger partial charge in [0.1, 0.15) is 0 Å². The minimum absolute atomic E-state index is 0.264. The normalized spacial score (nSPS) is 12.9. The first kappa shape index (κ1) is 13.2. The summed E-state index contributed by atoms with van der Waals surface area (Å²) in [5.41, 5.74) is 1.80. The first-order chi connectivity index (χ1) is 7.33. The molecule has 0 bridgehead atoms. The summed E-state index contributed by atoms with van der Waals surface area (Å²) in [5, 5.41) is 0. The molecule has 2 nitrogen and oxygen atoms in total. The van der Waals surface area contributed by atoms with Crippen LogP contribution in [0.5, 0.6) is 0 Å². The number of ether oxygens (including phenoxy) is 2. The van der Waals surface area contributed by atoms with Gasteiger partial charge in [0.15, 0.2) is 0 Å². The Morgan fingerprint density at radius 1 is 0.812 bits per heavy atom. The fourth-order valence-electron chi connectivity index (χ4n) is 1.50. The van der Waals surface area contributed by atoms with Gasteiger partial charge in [0.25, 0.3) is 0 Å². The third kappa shape index (κ3) is 2.63. The Labute approximate surface area is 98.6 Å². The Kier molecular flexibility index (Phi) is 3.76. The van der Waals surface area contributed by atoms with Crippen molar-refractivity contribution in [3.63, 3.8) is 0 Å². The van der Waals surface area contributed by atoms with E-state index in [1.54, 1.807) is 14.2 Å². The van der Waals surface area contributed by atoms with Crippen molar-refractivity contribution in [2.24, 2.45) is 0 Å². The predicted octanol–water partition coefficient (Wildman–Crippen LogP) is 3.45. The maximum absolute atomic E-state index is 5.48. The molecule has 16 heavy (non-hydrogen) atoms. The lowest BCUT2D eigenvalue weighted by atomic mass is 9.91. The zero-order valence-electron chi connectivity index (χ0n) is 11.1. The molecule has 0 aliphatic heterocycles. The minimum Gasteiger partial charge on any atom is -0.374 e. The van der Waals surface area contributed by atoms with Crippen molar-refractivity contribution >= 4 is 0 Å². The molecule has 0 unspecified atom stereocenters. The van der Waals surface area contributed by atoms with Crippen LogP contribution in [0.1, 0.15) is 38.8 Å². The van der Waals surface area contributed by atoms with E-state index >= 15 is 0 Å². The monoisotopic (exact) mass is 222 g/mol. The van der Waals surface area contributed by atoms with Crippen LogP contribution >= 0.6 is 0 Å². The average Bonchev–Trinajstić information content (AvgIpc) is 2.29. The van der Waals surface area contributed by atoms with Gasteiger partial charge in [-0.15, -0.1) is 0 Å². The Morgan fingerprint density at radius 3 is 1.50 bits per heavy atom. The largest absolute Gasteiger partial charge is 0.374 e. The Balaban J connectivity index is 3.14. The Hall–Kier alpha value is -0.860. The van der Waals surface area contributed by atoms with Crippen molar-refractivity contribution in [2.75, 3.05) is 14.2 Å². The zero-order valence-corrected chi connectivity index (χ0v) is 11.1. The van der Waals surface area contributed by atoms with Crippen molar-refractivity contribution in [1.82, 2.24) is 0 Å². The summed E-state index contributed by atoms with van der Waals surface area (Å²) < 4.78 is 11.0. The van der Waals surface area contributed by atoms with Gasteiger partial charge in [-0.1, -0.05) is 24.3 Å². The van der Waals surface area contributed by atoms with E-state index in [0.29, 0.717) is 0 Å². The first-order valence-corrected chi connectivity index (χ1v) is 5.55. The van der Waals surface area contributed by atoms with Crippen LogP contribution in [0.25, 0.3) is 0 Å². The van der Waals surface area contributed by atoms with Crippen molar-refractivity contribution in [3.8, 4) is 0 Å². The van der Waals surface area contributed by atoms with Gasteiger partial charge in [0.2, 0.25) is 0 Å². The highest BCUT2D eigenvalue weighted by molar-refractivity contribution is 5.30. The van der Waals surface area contributed by atoms with E-state index in [9.17, 15) is 0 Å². The molecular weight excluding hydrogens is 200 g/mol. The SMILES string of the molecule is COC(C)(C)c1cccc(C(C)(C)OC)c1. The summed E-state index contributed by atoms with van der Waals surface area (Å²) in [6.07, 6.45) is 0. The van der Waals surface area contributed by atoms with Gasteiger partial charge in [-0.3, -0.25) is 0 Å². The van der Waals surface area contributed by atoms with Gasteiger partial charge in [-0.25, -0.2) is 0 Å². The van der Waals surface area contributed by atoms with E-state index in [4.69, 9.17) is 9.47 Å². The lowest BCUT2D eigenvalue weighted by molar-refractivity contribution is 0.0134. The summed E-state index contributed by atoms with van der Waals surface area (Å²) in [5.74, 6) is 0. The summed E-state index contributed by atoms with van der Waals surface area (Å²) in [7, 11) is 3.46. The maximum atomic E-state index is 5.48. The molecular formula is C14H22O2. The molecule has 0 radical (unpaired) electrons. The number of hydrogen-bond acceptors (Lipinski definition) is 2. The lowest BCUT2D eigenvalue weighted by Gasteiger charge is -2.28. The van der Waals surface area contributed by atoms with E-state index in [1.807, 2.05) is 6.07 Å². The molecule has 0 fully saturated rings. The number of hydrogen-bond donors (Lipinski definition) is 0. The first-order valence-electron chi connectivity index (χ1n) is 5.55. The highest BCUT2D eigenvalue weighted by Gasteiger charge is 2.24. The highest BCUT2D eigenvalue weighted by Crippen LogP contribution is 2.29. The van der Waals surface area contributed by atoms with Gasteiger partial charge in [0.05, 0.1) is 11.2 Å². The molecule has 0 aromatic heterocycles. The van der Waals surface area contributed by atoms with E-state index in [2.05, 4.69) is 45.9 Å². The van der Waals surface area contributed by atoms with Crippen LogP contribution in [-0.4, -0.2) is 14.2 Å². The van der Waals surface area contributed by atoms with Crippen LogP contribution in [0.2, 0.25) is 0 Å². The average molecular weight is 222 g/mol. The molecule has 1 rings (SSSR count). The molecule has 2 heteroatoms. The topological polar surface area (TPSA) is 18.5 Å². The minimum atomic E-state index is -0.264. The molecule has 0 aliphatic rings. The quantitative estimate of drug-likeness (QED) is 0.777. The molecule has 0 saturated heterocycles. The Morgan fingerprint density at radius 2 is 1.19 bits per heavy atom. The van der Waals surface area contributed by atoms with Crippen LogP contribution in [0.3, 0.4) is 0 Å². The second kappa shape index (κ2) is 4.56. The second-order valence-electron chi connectivity index (χ2n) is 5.01. The molecule has 0 saturated carbocycles. The van der Waals surface area contributed by atoms with Crippen LogP contribution in [0, 0.1) is 0 Å². The van der Waals surface area contributed by atoms with E-state index < -0.39 is 0 Å². The van der Waals surface area contributed by atoms with Crippen molar-refractivity contribution < 1.29 is 9.47 Å². The third-order valence-corrected chi connectivity index (χ3v) is 3.27. The van der Waals surface area contributed by atoms with Crippen LogP contribution < -0.4 is 0 Å². The predicted molar refractivity (Wildman–Crippen MR) is 66.5 cm³/mol. The van der Waals surface area contributed by atoms with Crippen molar-refractivity contribution in [1.29, 1.82) is 0 Å². The fraction of sp³-hybridized carbons (Fsp3) is 0.571. The summed E-state index contributed by atoms with van der Waals surface area (Å²) >= 11 is 0. The maximum Gasteiger partial charge on any atom is 0.0871 e. The van der Waals surface area contributed by atoms with Gasteiger partial charge in [0, 0.05) is 14.2 Å². The molecule has 1 aromatic carbocycles. The number of rotatable bonds is 4. The molecule has 0 heterocycles. The molecule has 0 N–H and O–H groups in total. The van der Waals surface area contributed by atoms with Crippen molar-refractivity contribution in [2.45, 2.75) is 38.9 Å². The summed E-state index contributed by atoms with van der Waals surface area (Å²) in [4.78, 5) is 0. The second-order valence-corrected chi connectivity index (χ2v) is 5.01. The van der Waals surface area contributed by atoms with Gasteiger partial charge < -0.3 is 9.47 Å². The van der Waals surface area contributed by atoms with Gasteiger partial charge in [-0.2, -0.15) is 0 Å².